The number of aromatic nitrogens is 1. The standard InChI is InChI=1S/C12H18BrN3/c1-2-11(16-7-5-14-6-8-16)10-3-4-15-12(13)9-10/h3-4,9,11,14H,2,5-8H2,1H3/t11-/m1/s1. The van der Waals surface area contributed by atoms with Gasteiger partial charge in [-0.3, -0.25) is 4.90 Å². The average Bonchev–Trinajstić information content (AvgIpc) is 2.31. The van der Waals surface area contributed by atoms with Gasteiger partial charge in [-0.1, -0.05) is 6.92 Å². The van der Waals surface area contributed by atoms with Gasteiger partial charge in [0.25, 0.3) is 0 Å². The molecule has 1 N–H and O–H groups in total. The molecular weight excluding hydrogens is 266 g/mol. The minimum atomic E-state index is 0.529. The fourth-order valence-corrected chi connectivity index (χ4v) is 2.71. The van der Waals surface area contributed by atoms with Crippen molar-refractivity contribution in [2.75, 3.05) is 26.2 Å². The van der Waals surface area contributed by atoms with Crippen LogP contribution in [0, 0.1) is 0 Å². The van der Waals surface area contributed by atoms with Gasteiger partial charge in [-0.15, -0.1) is 0 Å². The molecule has 1 fully saturated rings. The van der Waals surface area contributed by atoms with Crippen LogP contribution in [-0.2, 0) is 0 Å². The molecule has 88 valence electrons. The molecule has 0 aliphatic carbocycles. The molecule has 0 amide bonds. The van der Waals surface area contributed by atoms with Crippen molar-refractivity contribution < 1.29 is 0 Å². The third-order valence-corrected chi connectivity index (χ3v) is 3.55. The van der Waals surface area contributed by atoms with Crippen molar-refractivity contribution in [3.63, 3.8) is 0 Å². The Labute approximate surface area is 105 Å². The molecule has 0 radical (unpaired) electrons. The number of rotatable bonds is 3. The third kappa shape index (κ3) is 2.81. The molecule has 4 heteroatoms. The first-order valence-corrected chi connectivity index (χ1v) is 6.66. The van der Waals surface area contributed by atoms with Gasteiger partial charge in [0.1, 0.15) is 4.60 Å². The predicted octanol–water partition coefficient (Wildman–Crippen LogP) is 2.20. The van der Waals surface area contributed by atoms with Crippen LogP contribution < -0.4 is 5.32 Å². The van der Waals surface area contributed by atoms with Gasteiger partial charge in [0.05, 0.1) is 0 Å². The quantitative estimate of drug-likeness (QED) is 0.863. The Bertz CT molecular complexity index is 337. The van der Waals surface area contributed by atoms with Gasteiger partial charge in [0, 0.05) is 38.4 Å². The SMILES string of the molecule is CC[C@H](c1ccnc(Br)c1)N1CCNCC1. The van der Waals surface area contributed by atoms with Crippen LogP contribution in [0.5, 0.6) is 0 Å². The lowest BCUT2D eigenvalue weighted by Crippen LogP contribution is -2.45. The maximum atomic E-state index is 4.19. The number of nitrogens with one attached hydrogen (secondary N) is 1. The highest BCUT2D eigenvalue weighted by molar-refractivity contribution is 9.10. The van der Waals surface area contributed by atoms with Gasteiger partial charge in [-0.25, -0.2) is 4.98 Å². The molecule has 0 aromatic carbocycles. The number of piperazine rings is 1. The summed E-state index contributed by atoms with van der Waals surface area (Å²) in [6.45, 7) is 6.73. The van der Waals surface area contributed by atoms with Crippen molar-refractivity contribution in [3.05, 3.63) is 28.5 Å². The maximum Gasteiger partial charge on any atom is 0.106 e. The maximum absolute atomic E-state index is 4.19. The smallest absolute Gasteiger partial charge is 0.106 e. The van der Waals surface area contributed by atoms with Crippen LogP contribution in [0.25, 0.3) is 0 Å². The van der Waals surface area contributed by atoms with Gasteiger partial charge in [0.2, 0.25) is 0 Å². The average molecular weight is 284 g/mol. The predicted molar refractivity (Wildman–Crippen MR) is 69.4 cm³/mol. The van der Waals surface area contributed by atoms with Gasteiger partial charge >= 0.3 is 0 Å². The Kier molecular flexibility index (Phi) is 4.32. The Morgan fingerprint density at radius 1 is 1.50 bits per heavy atom. The van der Waals surface area contributed by atoms with Crippen LogP contribution in [0.2, 0.25) is 0 Å². The number of halogens is 1. The molecule has 16 heavy (non-hydrogen) atoms. The Balaban J connectivity index is 2.14. The molecule has 0 bridgehead atoms. The largest absolute Gasteiger partial charge is 0.314 e. The summed E-state index contributed by atoms with van der Waals surface area (Å²) in [4.78, 5) is 6.74. The minimum Gasteiger partial charge on any atom is -0.314 e. The zero-order valence-corrected chi connectivity index (χ0v) is 11.2. The molecular formula is C12H18BrN3. The molecule has 1 saturated heterocycles. The number of nitrogens with zero attached hydrogens (tertiary/aromatic N) is 2. The van der Waals surface area contributed by atoms with Crippen molar-refractivity contribution in [1.29, 1.82) is 0 Å². The topological polar surface area (TPSA) is 28.2 Å². The Morgan fingerprint density at radius 3 is 2.88 bits per heavy atom. The first kappa shape index (κ1) is 12.0. The van der Waals surface area contributed by atoms with Crippen molar-refractivity contribution in [2.24, 2.45) is 0 Å². The molecule has 1 aliphatic rings. The van der Waals surface area contributed by atoms with Crippen LogP contribution in [0.4, 0.5) is 0 Å². The third-order valence-electron chi connectivity index (χ3n) is 3.11. The molecule has 1 aliphatic heterocycles. The van der Waals surface area contributed by atoms with Gasteiger partial charge in [0.15, 0.2) is 0 Å². The van der Waals surface area contributed by atoms with E-state index in [9.17, 15) is 0 Å². The number of hydrogen-bond acceptors (Lipinski definition) is 3. The van der Waals surface area contributed by atoms with Crippen molar-refractivity contribution >= 4 is 15.9 Å². The van der Waals surface area contributed by atoms with E-state index in [2.05, 4.69) is 50.2 Å². The fourth-order valence-electron chi connectivity index (χ4n) is 2.32. The Morgan fingerprint density at radius 2 is 2.25 bits per heavy atom. The molecule has 2 heterocycles. The van der Waals surface area contributed by atoms with Crippen LogP contribution in [-0.4, -0.2) is 36.1 Å². The summed E-state index contributed by atoms with van der Waals surface area (Å²) < 4.78 is 0.929. The van der Waals surface area contributed by atoms with E-state index in [1.54, 1.807) is 0 Å². The van der Waals surface area contributed by atoms with Gasteiger partial charge < -0.3 is 5.32 Å². The lowest BCUT2D eigenvalue weighted by molar-refractivity contribution is 0.169. The van der Waals surface area contributed by atoms with E-state index < -0.39 is 0 Å². The van der Waals surface area contributed by atoms with Crippen LogP contribution in [0.15, 0.2) is 22.9 Å². The fraction of sp³-hybridized carbons (Fsp3) is 0.583. The summed E-state index contributed by atoms with van der Waals surface area (Å²) >= 11 is 3.44. The molecule has 1 aromatic heterocycles. The first-order chi connectivity index (χ1) is 7.81. The first-order valence-electron chi connectivity index (χ1n) is 5.87. The number of hydrogen-bond donors (Lipinski definition) is 1. The summed E-state index contributed by atoms with van der Waals surface area (Å²) in [5.41, 5.74) is 1.37. The van der Waals surface area contributed by atoms with Crippen LogP contribution >= 0.6 is 15.9 Å². The van der Waals surface area contributed by atoms with Crippen LogP contribution in [0.3, 0.4) is 0 Å². The summed E-state index contributed by atoms with van der Waals surface area (Å²) in [6, 6.07) is 4.79. The second-order valence-corrected chi connectivity index (χ2v) is 4.93. The number of pyridine rings is 1. The summed E-state index contributed by atoms with van der Waals surface area (Å²) in [6.07, 6.45) is 3.03. The molecule has 0 spiro atoms. The second-order valence-electron chi connectivity index (χ2n) is 4.12. The normalized spacial score (nSPS) is 19.6. The molecule has 0 saturated carbocycles. The highest BCUT2D eigenvalue weighted by Crippen LogP contribution is 2.25. The van der Waals surface area contributed by atoms with Crippen molar-refractivity contribution in [1.82, 2.24) is 15.2 Å². The van der Waals surface area contributed by atoms with E-state index in [0.717, 1.165) is 37.2 Å². The van der Waals surface area contributed by atoms with E-state index in [1.807, 2.05) is 6.20 Å². The molecule has 2 rings (SSSR count). The minimum absolute atomic E-state index is 0.529. The highest BCUT2D eigenvalue weighted by Gasteiger charge is 2.20. The van der Waals surface area contributed by atoms with E-state index in [4.69, 9.17) is 0 Å². The summed E-state index contributed by atoms with van der Waals surface area (Å²) in [5.74, 6) is 0. The molecule has 0 unspecified atom stereocenters. The van der Waals surface area contributed by atoms with E-state index in [0.29, 0.717) is 6.04 Å². The van der Waals surface area contributed by atoms with E-state index in [1.165, 1.54) is 5.56 Å². The second kappa shape index (κ2) is 5.75. The monoisotopic (exact) mass is 283 g/mol. The lowest BCUT2D eigenvalue weighted by atomic mass is 10.0. The van der Waals surface area contributed by atoms with Crippen LogP contribution in [0.1, 0.15) is 24.9 Å². The van der Waals surface area contributed by atoms with Crippen molar-refractivity contribution in [3.8, 4) is 0 Å². The molecule has 1 atom stereocenters. The molecule has 3 nitrogen and oxygen atoms in total. The highest BCUT2D eigenvalue weighted by atomic mass is 79.9. The van der Waals surface area contributed by atoms with E-state index in [-0.39, 0.29) is 0 Å². The van der Waals surface area contributed by atoms with Gasteiger partial charge in [-0.2, -0.15) is 0 Å². The van der Waals surface area contributed by atoms with Gasteiger partial charge in [-0.05, 0) is 40.0 Å². The zero-order valence-electron chi connectivity index (χ0n) is 9.62. The molecule has 1 aromatic rings. The summed E-state index contributed by atoms with van der Waals surface area (Å²) in [7, 11) is 0. The van der Waals surface area contributed by atoms with Crippen molar-refractivity contribution in [2.45, 2.75) is 19.4 Å². The lowest BCUT2D eigenvalue weighted by Gasteiger charge is -2.34. The Hall–Kier alpha value is -0.450. The summed E-state index contributed by atoms with van der Waals surface area (Å²) in [5, 5.41) is 3.39. The van der Waals surface area contributed by atoms with E-state index >= 15 is 0 Å². The zero-order chi connectivity index (χ0) is 11.4.